The number of halogens is 2. The highest BCUT2D eigenvalue weighted by atomic mass is 79.9. The first-order chi connectivity index (χ1) is 14.6. The van der Waals surface area contributed by atoms with Crippen molar-refractivity contribution in [2.24, 2.45) is 0 Å². The van der Waals surface area contributed by atoms with Gasteiger partial charge in [-0.2, -0.15) is 4.98 Å². The predicted octanol–water partition coefficient (Wildman–Crippen LogP) is 4.66. The molecule has 1 amide bonds. The molecule has 2 heterocycles. The van der Waals surface area contributed by atoms with Crippen molar-refractivity contribution in [3.8, 4) is 22.7 Å². The third kappa shape index (κ3) is 4.80. The molecule has 0 spiro atoms. The van der Waals surface area contributed by atoms with Crippen molar-refractivity contribution in [2.75, 3.05) is 6.54 Å². The molecule has 0 aliphatic carbocycles. The second kappa shape index (κ2) is 9.00. The lowest BCUT2D eigenvalue weighted by Gasteiger charge is -2.00. The summed E-state index contributed by atoms with van der Waals surface area (Å²) in [6.45, 7) is 0.410. The van der Waals surface area contributed by atoms with Crippen molar-refractivity contribution in [3.63, 3.8) is 0 Å². The summed E-state index contributed by atoms with van der Waals surface area (Å²) in [4.78, 5) is 16.5. The summed E-state index contributed by atoms with van der Waals surface area (Å²) in [6, 6.07) is 15.0. The zero-order valence-electron chi connectivity index (χ0n) is 15.6. The minimum Gasteiger partial charge on any atom is -0.355 e. The van der Waals surface area contributed by atoms with Gasteiger partial charge < -0.3 is 14.4 Å². The Kier molecular flexibility index (Phi) is 5.99. The van der Waals surface area contributed by atoms with Crippen LogP contribution in [0.15, 0.2) is 68.1 Å². The fourth-order valence-electron chi connectivity index (χ4n) is 2.74. The lowest BCUT2D eigenvalue weighted by molar-refractivity contribution is 0.0944. The number of carbonyl (C=O) groups excluding carboxylic acids is 1. The van der Waals surface area contributed by atoms with Crippen molar-refractivity contribution < 1.29 is 18.2 Å². The second-order valence-electron chi connectivity index (χ2n) is 6.46. The average molecular weight is 471 g/mol. The Morgan fingerprint density at radius 1 is 1.00 bits per heavy atom. The van der Waals surface area contributed by atoms with Gasteiger partial charge in [0.05, 0.1) is 0 Å². The molecule has 9 heteroatoms. The molecule has 2 aromatic carbocycles. The maximum atomic E-state index is 13.0. The molecule has 0 fully saturated rings. The molecule has 0 aliphatic rings. The van der Waals surface area contributed by atoms with Crippen molar-refractivity contribution in [2.45, 2.75) is 12.8 Å². The van der Waals surface area contributed by atoms with Gasteiger partial charge in [0.25, 0.3) is 5.91 Å². The Morgan fingerprint density at radius 2 is 1.73 bits per heavy atom. The summed E-state index contributed by atoms with van der Waals surface area (Å²) >= 11 is 3.38. The fourth-order valence-corrected chi connectivity index (χ4v) is 3.00. The van der Waals surface area contributed by atoms with Crippen LogP contribution in [0.1, 0.15) is 22.8 Å². The molecule has 0 radical (unpaired) electrons. The van der Waals surface area contributed by atoms with Crippen LogP contribution in [0.2, 0.25) is 0 Å². The number of nitrogens with zero attached hydrogens (tertiary/aromatic N) is 3. The molecule has 152 valence electrons. The number of hydrogen-bond acceptors (Lipinski definition) is 6. The monoisotopic (exact) mass is 470 g/mol. The summed E-state index contributed by atoms with van der Waals surface area (Å²) in [5, 5.41) is 10.5. The molecule has 7 nitrogen and oxygen atoms in total. The van der Waals surface area contributed by atoms with Crippen LogP contribution >= 0.6 is 15.9 Å². The number of aryl methyl sites for hydroxylation is 1. The number of nitrogens with one attached hydrogen (secondary N) is 1. The van der Waals surface area contributed by atoms with E-state index in [2.05, 4.69) is 36.5 Å². The number of benzene rings is 2. The lowest BCUT2D eigenvalue weighted by atomic mass is 10.1. The van der Waals surface area contributed by atoms with Crippen LogP contribution in [0.4, 0.5) is 4.39 Å². The summed E-state index contributed by atoms with van der Waals surface area (Å²) in [5.41, 5.74) is 1.72. The maximum absolute atomic E-state index is 13.0. The van der Waals surface area contributed by atoms with Crippen LogP contribution in [-0.2, 0) is 6.42 Å². The van der Waals surface area contributed by atoms with Gasteiger partial charge in [0.15, 0.2) is 11.5 Å². The second-order valence-corrected chi connectivity index (χ2v) is 7.38. The highest BCUT2D eigenvalue weighted by Crippen LogP contribution is 2.22. The zero-order valence-corrected chi connectivity index (χ0v) is 17.2. The molecule has 0 aliphatic heterocycles. The van der Waals surface area contributed by atoms with Crippen molar-refractivity contribution in [1.82, 2.24) is 20.6 Å². The first-order valence-electron chi connectivity index (χ1n) is 9.18. The topological polar surface area (TPSA) is 94.1 Å². The van der Waals surface area contributed by atoms with Crippen LogP contribution in [0.5, 0.6) is 0 Å². The number of aromatic nitrogens is 3. The van der Waals surface area contributed by atoms with Gasteiger partial charge in [-0.1, -0.05) is 38.4 Å². The Balaban J connectivity index is 1.26. The molecule has 0 saturated heterocycles. The Hall–Kier alpha value is -3.33. The third-order valence-electron chi connectivity index (χ3n) is 4.30. The summed E-state index contributed by atoms with van der Waals surface area (Å²) in [5.74, 6) is 0.723. The highest BCUT2D eigenvalue weighted by Gasteiger charge is 2.14. The minimum atomic E-state index is -0.325. The standard InChI is InChI=1S/C21H16BrFN4O3/c22-15-7-3-13(4-8-15)18-12-17(26-29-18)21(28)24-11-1-2-19-25-20(27-30-19)14-5-9-16(23)10-6-14/h3-10,12H,1-2,11H2,(H,24,28). The zero-order chi connectivity index (χ0) is 20.9. The van der Waals surface area contributed by atoms with E-state index in [1.807, 2.05) is 24.3 Å². The first-order valence-corrected chi connectivity index (χ1v) is 9.97. The smallest absolute Gasteiger partial charge is 0.273 e. The molecule has 0 atom stereocenters. The predicted molar refractivity (Wildman–Crippen MR) is 110 cm³/mol. The van der Waals surface area contributed by atoms with Gasteiger partial charge in [-0.15, -0.1) is 0 Å². The summed E-state index contributed by atoms with van der Waals surface area (Å²) in [7, 11) is 0. The molecule has 1 N–H and O–H groups in total. The fraction of sp³-hybridized carbons (Fsp3) is 0.143. The molecule has 4 rings (SSSR count). The van der Waals surface area contributed by atoms with Gasteiger partial charge >= 0.3 is 0 Å². The summed E-state index contributed by atoms with van der Waals surface area (Å²) < 4.78 is 24.4. The van der Waals surface area contributed by atoms with E-state index in [0.29, 0.717) is 42.4 Å². The maximum Gasteiger partial charge on any atom is 0.273 e. The van der Waals surface area contributed by atoms with Crippen LogP contribution in [0.3, 0.4) is 0 Å². The molecule has 0 unspecified atom stereocenters. The van der Waals surface area contributed by atoms with Crippen molar-refractivity contribution >= 4 is 21.8 Å². The normalized spacial score (nSPS) is 10.9. The molecule has 30 heavy (non-hydrogen) atoms. The van der Waals surface area contributed by atoms with Gasteiger partial charge in [-0.05, 0) is 42.8 Å². The average Bonchev–Trinajstić information content (AvgIpc) is 3.42. The van der Waals surface area contributed by atoms with Gasteiger partial charge in [-0.3, -0.25) is 4.79 Å². The van der Waals surface area contributed by atoms with E-state index in [1.54, 1.807) is 18.2 Å². The molecule has 2 aromatic heterocycles. The summed E-state index contributed by atoms with van der Waals surface area (Å²) in [6.07, 6.45) is 1.10. The third-order valence-corrected chi connectivity index (χ3v) is 4.82. The highest BCUT2D eigenvalue weighted by molar-refractivity contribution is 9.10. The van der Waals surface area contributed by atoms with Crippen molar-refractivity contribution in [1.29, 1.82) is 0 Å². The first kappa shape index (κ1) is 20.0. The Labute approximate surface area is 179 Å². The molecule has 0 bridgehead atoms. The number of rotatable bonds is 7. The SMILES string of the molecule is O=C(NCCCc1nc(-c2ccc(F)cc2)no1)c1cc(-c2ccc(Br)cc2)on1. The lowest BCUT2D eigenvalue weighted by Crippen LogP contribution is -2.25. The Bertz CT molecular complexity index is 1140. The number of hydrogen-bond donors (Lipinski definition) is 1. The number of amides is 1. The van der Waals surface area contributed by atoms with Gasteiger partial charge in [0.1, 0.15) is 5.82 Å². The van der Waals surface area contributed by atoms with E-state index >= 15 is 0 Å². The van der Waals surface area contributed by atoms with Gasteiger partial charge in [-0.25, -0.2) is 4.39 Å². The van der Waals surface area contributed by atoms with E-state index < -0.39 is 0 Å². The van der Waals surface area contributed by atoms with Crippen molar-refractivity contribution in [3.05, 3.63) is 76.5 Å². The van der Waals surface area contributed by atoms with E-state index in [0.717, 1.165) is 10.0 Å². The quantitative estimate of drug-likeness (QED) is 0.395. The van der Waals surface area contributed by atoms with Gasteiger partial charge in [0, 0.05) is 34.6 Å². The van der Waals surface area contributed by atoms with Crippen LogP contribution in [0.25, 0.3) is 22.7 Å². The van der Waals surface area contributed by atoms with Gasteiger partial charge in [0.2, 0.25) is 11.7 Å². The van der Waals surface area contributed by atoms with Crippen LogP contribution < -0.4 is 5.32 Å². The Morgan fingerprint density at radius 3 is 2.50 bits per heavy atom. The molecule has 0 saturated carbocycles. The molecule has 4 aromatic rings. The molecular weight excluding hydrogens is 455 g/mol. The van der Waals surface area contributed by atoms with E-state index in [4.69, 9.17) is 9.05 Å². The minimum absolute atomic E-state index is 0.212. The van der Waals surface area contributed by atoms with E-state index in [1.165, 1.54) is 12.1 Å². The number of carbonyl (C=O) groups is 1. The molecular formula is C21H16BrFN4O3. The van der Waals surface area contributed by atoms with Crippen LogP contribution in [0, 0.1) is 5.82 Å². The van der Waals surface area contributed by atoms with E-state index in [9.17, 15) is 9.18 Å². The largest absolute Gasteiger partial charge is 0.355 e. The van der Waals surface area contributed by atoms with E-state index in [-0.39, 0.29) is 17.4 Å². The van der Waals surface area contributed by atoms with Crippen LogP contribution in [-0.4, -0.2) is 27.7 Å².